The first-order chi connectivity index (χ1) is 15.8. The van der Waals surface area contributed by atoms with E-state index in [1.54, 1.807) is 30.4 Å². The van der Waals surface area contributed by atoms with Crippen molar-refractivity contribution in [3.63, 3.8) is 0 Å². The number of carbonyl (C=O) groups excluding carboxylic acids is 2. The van der Waals surface area contributed by atoms with Gasteiger partial charge in [-0.1, -0.05) is 42.2 Å². The van der Waals surface area contributed by atoms with Crippen LogP contribution in [0.3, 0.4) is 0 Å². The van der Waals surface area contributed by atoms with Crippen LogP contribution in [0.5, 0.6) is 11.5 Å². The highest BCUT2D eigenvalue weighted by atomic mass is 32.2. The normalized spacial score (nSPS) is 14.5. The highest BCUT2D eigenvalue weighted by Crippen LogP contribution is 2.34. The Morgan fingerprint density at radius 3 is 2.64 bits per heavy atom. The lowest BCUT2D eigenvalue weighted by Gasteiger charge is -2.13. The maximum atomic E-state index is 12.6. The summed E-state index contributed by atoms with van der Waals surface area (Å²) in [6.07, 6.45) is 3.41. The van der Waals surface area contributed by atoms with Gasteiger partial charge in [0.1, 0.15) is 4.32 Å². The Bertz CT molecular complexity index is 1130. The van der Waals surface area contributed by atoms with Crippen molar-refractivity contribution in [2.75, 3.05) is 25.1 Å². The number of nitrogens with one attached hydrogen (secondary N) is 1. The number of amides is 2. The molecule has 2 aromatic rings. The molecule has 172 valence electrons. The van der Waals surface area contributed by atoms with Gasteiger partial charge in [0.15, 0.2) is 18.1 Å². The smallest absolute Gasteiger partial charge is 0.266 e. The monoisotopic (exact) mass is 482 g/mol. The number of benzene rings is 2. The number of thiocarbonyl (C=S) groups is 1. The molecule has 1 heterocycles. The van der Waals surface area contributed by atoms with Crippen molar-refractivity contribution >= 4 is 51.9 Å². The van der Waals surface area contributed by atoms with Crippen LogP contribution in [0.25, 0.3) is 6.08 Å². The van der Waals surface area contributed by atoms with Crippen LogP contribution in [0.2, 0.25) is 0 Å². The lowest BCUT2D eigenvalue weighted by Crippen LogP contribution is -2.27. The quantitative estimate of drug-likeness (QED) is 0.304. The molecule has 0 aliphatic carbocycles. The largest absolute Gasteiger partial charge is 0.490 e. The van der Waals surface area contributed by atoms with Crippen LogP contribution in [0.15, 0.2) is 54.0 Å². The van der Waals surface area contributed by atoms with E-state index in [1.165, 1.54) is 16.7 Å². The number of hydrogen-bond acceptors (Lipinski definition) is 6. The Labute approximate surface area is 203 Å². The van der Waals surface area contributed by atoms with Gasteiger partial charge >= 0.3 is 0 Å². The van der Waals surface area contributed by atoms with Crippen molar-refractivity contribution in [2.24, 2.45) is 0 Å². The molecular weight excluding hydrogens is 456 g/mol. The van der Waals surface area contributed by atoms with Crippen LogP contribution in [-0.2, 0) is 9.59 Å². The highest BCUT2D eigenvalue weighted by molar-refractivity contribution is 8.26. The molecule has 3 rings (SSSR count). The molecule has 0 spiro atoms. The van der Waals surface area contributed by atoms with E-state index < -0.39 is 0 Å². The summed E-state index contributed by atoms with van der Waals surface area (Å²) in [6.45, 7) is 10.2. The summed E-state index contributed by atoms with van der Waals surface area (Å²) >= 11 is 6.53. The maximum absolute atomic E-state index is 12.6. The summed E-state index contributed by atoms with van der Waals surface area (Å²) in [5, 5.41) is 2.84. The lowest BCUT2D eigenvalue weighted by atomic mass is 10.1. The summed E-state index contributed by atoms with van der Waals surface area (Å²) in [5.74, 6) is 0.525. The summed E-state index contributed by atoms with van der Waals surface area (Å²) in [7, 11) is 0. The van der Waals surface area contributed by atoms with Crippen molar-refractivity contribution in [2.45, 2.75) is 20.8 Å². The average molecular weight is 483 g/mol. The average Bonchev–Trinajstić information content (AvgIpc) is 3.03. The second-order valence-corrected chi connectivity index (χ2v) is 9.03. The SMILES string of the molecule is C=CCN1C(=O)C(=Cc2ccc(OCC(=O)Nc3ccc(C)c(C)c3)c(OCC)c2)SC1=S. The van der Waals surface area contributed by atoms with Crippen LogP contribution >= 0.6 is 24.0 Å². The lowest BCUT2D eigenvalue weighted by molar-refractivity contribution is -0.121. The number of rotatable bonds is 9. The molecule has 2 amide bonds. The molecule has 0 atom stereocenters. The van der Waals surface area contributed by atoms with E-state index in [1.807, 2.05) is 39.0 Å². The molecule has 1 fully saturated rings. The third-order valence-electron chi connectivity index (χ3n) is 4.90. The first-order valence-electron chi connectivity index (χ1n) is 10.5. The molecule has 0 aromatic heterocycles. The number of carbonyl (C=O) groups is 2. The Morgan fingerprint density at radius 2 is 1.94 bits per heavy atom. The van der Waals surface area contributed by atoms with E-state index in [2.05, 4.69) is 11.9 Å². The zero-order valence-electron chi connectivity index (χ0n) is 18.8. The van der Waals surface area contributed by atoms with E-state index in [0.717, 1.165) is 22.4 Å². The van der Waals surface area contributed by atoms with Gasteiger partial charge in [-0.3, -0.25) is 14.5 Å². The third kappa shape index (κ3) is 6.24. The standard InChI is InChI=1S/C25H26N2O4S2/c1-5-11-27-24(29)22(33-25(27)32)14-18-8-10-20(21(13-18)30-6-2)31-15-23(28)26-19-9-7-16(3)17(4)12-19/h5,7-10,12-14H,1,6,11,15H2,2-4H3,(H,26,28). The van der Waals surface area contributed by atoms with Gasteiger partial charge in [-0.25, -0.2) is 0 Å². The summed E-state index contributed by atoms with van der Waals surface area (Å²) in [6, 6.07) is 11.1. The molecule has 0 bridgehead atoms. The number of aryl methyl sites for hydroxylation is 2. The van der Waals surface area contributed by atoms with Gasteiger partial charge < -0.3 is 14.8 Å². The van der Waals surface area contributed by atoms with Gasteiger partial charge in [-0.05, 0) is 67.8 Å². The highest BCUT2D eigenvalue weighted by Gasteiger charge is 2.31. The van der Waals surface area contributed by atoms with E-state index in [4.69, 9.17) is 21.7 Å². The molecule has 8 heteroatoms. The Kier molecular flexibility index (Phi) is 8.30. The number of nitrogens with zero attached hydrogens (tertiary/aromatic N) is 1. The van der Waals surface area contributed by atoms with Gasteiger partial charge in [0.25, 0.3) is 11.8 Å². The number of thioether (sulfide) groups is 1. The van der Waals surface area contributed by atoms with Crippen molar-refractivity contribution in [3.05, 3.63) is 70.6 Å². The van der Waals surface area contributed by atoms with Crippen LogP contribution in [0.4, 0.5) is 5.69 Å². The Morgan fingerprint density at radius 1 is 1.15 bits per heavy atom. The van der Waals surface area contributed by atoms with Gasteiger partial charge in [-0.2, -0.15) is 0 Å². The first-order valence-corrected chi connectivity index (χ1v) is 11.7. The predicted molar refractivity (Wildman–Crippen MR) is 138 cm³/mol. The summed E-state index contributed by atoms with van der Waals surface area (Å²) in [4.78, 5) is 26.9. The fourth-order valence-corrected chi connectivity index (χ4v) is 4.37. The molecule has 1 saturated heterocycles. The minimum Gasteiger partial charge on any atom is -0.490 e. The molecule has 1 aliphatic rings. The zero-order valence-corrected chi connectivity index (χ0v) is 20.5. The molecule has 6 nitrogen and oxygen atoms in total. The fraction of sp³-hybridized carbons (Fsp3) is 0.240. The molecule has 0 saturated carbocycles. The van der Waals surface area contributed by atoms with Crippen molar-refractivity contribution in [1.82, 2.24) is 4.90 Å². The molecule has 0 unspecified atom stereocenters. The van der Waals surface area contributed by atoms with E-state index in [0.29, 0.717) is 33.9 Å². The van der Waals surface area contributed by atoms with Crippen LogP contribution in [0.1, 0.15) is 23.6 Å². The van der Waals surface area contributed by atoms with Crippen LogP contribution < -0.4 is 14.8 Å². The summed E-state index contributed by atoms with van der Waals surface area (Å²) < 4.78 is 11.9. The minimum atomic E-state index is -0.268. The van der Waals surface area contributed by atoms with Crippen molar-refractivity contribution in [3.8, 4) is 11.5 Å². The van der Waals surface area contributed by atoms with E-state index >= 15 is 0 Å². The van der Waals surface area contributed by atoms with Gasteiger partial charge in [0.2, 0.25) is 0 Å². The zero-order chi connectivity index (χ0) is 24.0. The van der Waals surface area contributed by atoms with Gasteiger partial charge in [-0.15, -0.1) is 6.58 Å². The Balaban J connectivity index is 1.70. The summed E-state index contributed by atoms with van der Waals surface area (Å²) in [5.41, 5.74) is 3.75. The number of anilines is 1. The maximum Gasteiger partial charge on any atom is 0.266 e. The second-order valence-electron chi connectivity index (χ2n) is 7.36. The topological polar surface area (TPSA) is 67.9 Å². The Hall–Kier alpha value is -3.10. The molecule has 1 aliphatic heterocycles. The van der Waals surface area contributed by atoms with Crippen molar-refractivity contribution in [1.29, 1.82) is 0 Å². The van der Waals surface area contributed by atoms with Crippen molar-refractivity contribution < 1.29 is 19.1 Å². The molecule has 2 aromatic carbocycles. The molecule has 0 radical (unpaired) electrons. The predicted octanol–water partition coefficient (Wildman–Crippen LogP) is 5.11. The van der Waals surface area contributed by atoms with E-state index in [9.17, 15) is 9.59 Å². The molecule has 1 N–H and O–H groups in total. The second kappa shape index (κ2) is 11.2. The first kappa shape index (κ1) is 24.5. The van der Waals surface area contributed by atoms with Gasteiger partial charge in [0, 0.05) is 12.2 Å². The van der Waals surface area contributed by atoms with Gasteiger partial charge in [0.05, 0.1) is 11.5 Å². The fourth-order valence-electron chi connectivity index (χ4n) is 3.10. The van der Waals surface area contributed by atoms with Crippen LogP contribution in [-0.4, -0.2) is 40.8 Å². The number of ether oxygens (including phenoxy) is 2. The van der Waals surface area contributed by atoms with E-state index in [-0.39, 0.29) is 18.4 Å². The molecule has 33 heavy (non-hydrogen) atoms. The molecular formula is C25H26N2O4S2. The van der Waals surface area contributed by atoms with Crippen LogP contribution in [0, 0.1) is 13.8 Å². The number of hydrogen-bond donors (Lipinski definition) is 1. The minimum absolute atomic E-state index is 0.147. The third-order valence-corrected chi connectivity index (χ3v) is 6.28.